The van der Waals surface area contributed by atoms with Gasteiger partial charge in [-0.25, -0.2) is 12.8 Å². The molecule has 2 aliphatic carbocycles. The Hall–Kier alpha value is -1.84. The molecular formula is C32H45ClN2O4SSi. The molecule has 224 valence electrons. The Kier molecular flexibility index (Phi) is 8.22. The highest BCUT2D eigenvalue weighted by Crippen LogP contribution is 2.47. The van der Waals surface area contributed by atoms with E-state index in [1.165, 1.54) is 11.1 Å². The normalized spacial score (nSPS) is 25.4. The first-order valence-corrected chi connectivity index (χ1v) is 19.7. The summed E-state index contributed by atoms with van der Waals surface area (Å²) in [5.41, 5.74) is 3.10. The van der Waals surface area contributed by atoms with E-state index in [0.29, 0.717) is 18.9 Å². The molecule has 0 aromatic heterocycles. The Bertz CT molecular complexity index is 1420. The van der Waals surface area contributed by atoms with Crippen molar-refractivity contribution in [3.63, 3.8) is 0 Å². The van der Waals surface area contributed by atoms with Crippen molar-refractivity contribution in [2.24, 2.45) is 11.8 Å². The first kappa shape index (κ1) is 30.6. The Morgan fingerprint density at radius 1 is 1.24 bits per heavy atom. The third-order valence-electron chi connectivity index (χ3n) is 10.2. The summed E-state index contributed by atoms with van der Waals surface area (Å²) in [6, 6.07) is 11.5. The Labute approximate surface area is 252 Å². The maximum absolute atomic E-state index is 13.7. The van der Waals surface area contributed by atoms with Gasteiger partial charge in [0.1, 0.15) is 14.0 Å². The highest BCUT2D eigenvalue weighted by molar-refractivity contribution is 7.91. The fourth-order valence-corrected chi connectivity index (χ4v) is 11.6. The van der Waals surface area contributed by atoms with Crippen molar-refractivity contribution in [2.45, 2.75) is 87.4 Å². The predicted molar refractivity (Wildman–Crippen MR) is 170 cm³/mol. The smallest absolute Gasteiger partial charge is 0.234 e. The van der Waals surface area contributed by atoms with Crippen LogP contribution < -0.4 is 14.0 Å². The zero-order valence-electron chi connectivity index (χ0n) is 25.0. The molecular weight excluding hydrogens is 572 g/mol. The van der Waals surface area contributed by atoms with Gasteiger partial charge in [0.05, 0.1) is 23.3 Å². The molecule has 41 heavy (non-hydrogen) atoms. The lowest BCUT2D eigenvalue weighted by Crippen LogP contribution is -2.54. The summed E-state index contributed by atoms with van der Waals surface area (Å²) in [6.45, 7) is 16.2. The molecule has 1 saturated carbocycles. The van der Waals surface area contributed by atoms with Gasteiger partial charge < -0.3 is 14.7 Å². The van der Waals surface area contributed by atoms with E-state index in [1.807, 2.05) is 12.1 Å². The van der Waals surface area contributed by atoms with Crippen LogP contribution in [0.25, 0.3) is 0 Å². The average molecular weight is 617 g/mol. The number of aryl methyl sites for hydroxylation is 1. The molecule has 6 nitrogen and oxygen atoms in total. The molecule has 5 rings (SSSR count). The number of nitrogens with one attached hydrogen (secondary N) is 1. The van der Waals surface area contributed by atoms with Gasteiger partial charge in [-0.2, -0.15) is 0 Å². The summed E-state index contributed by atoms with van der Waals surface area (Å²) in [7, 11) is -6.08. The third-order valence-corrected chi connectivity index (χ3v) is 18.2. The van der Waals surface area contributed by atoms with E-state index in [4.69, 9.17) is 16.3 Å². The molecule has 4 atom stereocenters. The number of fused-ring (bicyclic) bond motifs is 3. The minimum absolute atomic E-state index is 0.143. The molecule has 0 radical (unpaired) electrons. The Morgan fingerprint density at radius 2 is 2.00 bits per heavy atom. The second kappa shape index (κ2) is 11.0. The van der Waals surface area contributed by atoms with Gasteiger partial charge >= 0.3 is 0 Å². The molecule has 2 N–H and O–H groups in total. The summed E-state index contributed by atoms with van der Waals surface area (Å²) >= 11 is 6.39. The lowest BCUT2D eigenvalue weighted by Gasteiger charge is -2.45. The van der Waals surface area contributed by atoms with Crippen LogP contribution in [0, 0.1) is 11.8 Å². The second-order valence-electron chi connectivity index (χ2n) is 13.9. The lowest BCUT2D eigenvalue weighted by molar-refractivity contribution is 0.0460. The van der Waals surface area contributed by atoms with Gasteiger partial charge in [-0.15, -0.1) is 6.58 Å². The van der Waals surface area contributed by atoms with E-state index in [-0.39, 0.29) is 27.2 Å². The monoisotopic (exact) mass is 616 g/mol. The molecule has 1 unspecified atom stereocenters. The van der Waals surface area contributed by atoms with Gasteiger partial charge in [0.2, 0.25) is 10.0 Å². The van der Waals surface area contributed by atoms with Crippen LogP contribution in [0.5, 0.6) is 5.75 Å². The lowest BCUT2D eigenvalue weighted by atomic mass is 9.68. The molecule has 3 aliphatic rings. The third kappa shape index (κ3) is 5.87. The molecule has 0 bridgehead atoms. The van der Waals surface area contributed by atoms with Crippen LogP contribution in [0.4, 0.5) is 5.69 Å². The van der Waals surface area contributed by atoms with Gasteiger partial charge in [-0.05, 0) is 90.4 Å². The minimum Gasteiger partial charge on any atom is -0.490 e. The zero-order valence-corrected chi connectivity index (χ0v) is 27.6. The maximum atomic E-state index is 13.7. The largest absolute Gasteiger partial charge is 0.490 e. The number of sulfonamides is 1. The van der Waals surface area contributed by atoms with Crippen molar-refractivity contribution >= 4 is 35.5 Å². The van der Waals surface area contributed by atoms with E-state index >= 15 is 0 Å². The van der Waals surface area contributed by atoms with Crippen molar-refractivity contribution in [2.75, 3.05) is 24.6 Å². The Balaban J connectivity index is 1.55. The fourth-order valence-electron chi connectivity index (χ4n) is 6.54. The van der Waals surface area contributed by atoms with Crippen molar-refractivity contribution in [3.8, 4) is 5.75 Å². The van der Waals surface area contributed by atoms with Gasteiger partial charge in [0, 0.05) is 23.5 Å². The quantitative estimate of drug-likeness (QED) is 0.268. The van der Waals surface area contributed by atoms with E-state index in [2.05, 4.69) is 61.9 Å². The van der Waals surface area contributed by atoms with E-state index in [9.17, 15) is 13.5 Å². The van der Waals surface area contributed by atoms with Crippen LogP contribution in [-0.4, -0.2) is 47.6 Å². The standard InChI is InChI=1S/C32H45ClN2O4SSi/c1-7-29(36)26-13-10-23(26)19-35-20-32(16-8-9-22-17-24(33)11-14-27(22)32)21-39-30-15-12-25(18-28(30)35)40(37,38)34-41(5,6)31(2,3)4/h7,11-12,14-15,17-18,23,26,29,34,36H,1,8-10,13,16,19-21H2,2-6H3/t23-,26+,29-,32?/m0/s1. The predicted octanol–water partition coefficient (Wildman–Crippen LogP) is 6.67. The van der Waals surface area contributed by atoms with E-state index < -0.39 is 24.4 Å². The SMILES string of the molecule is C=C[C@H](O)[C@@H]1CC[C@H]1CN1CC2(CCCc3cc(Cl)ccc32)COc2ccc(S(=O)(=O)N[Si](C)(C)C(C)(C)C)cc21. The number of halogens is 1. The molecule has 2 aromatic rings. The minimum atomic E-state index is -3.74. The van der Waals surface area contributed by atoms with Gasteiger partial charge in [-0.1, -0.05) is 57.6 Å². The van der Waals surface area contributed by atoms with Crippen LogP contribution >= 0.6 is 11.6 Å². The number of hydrogen-bond acceptors (Lipinski definition) is 5. The summed E-state index contributed by atoms with van der Waals surface area (Å²) < 4.78 is 37.1. The fraction of sp³-hybridized carbons (Fsp3) is 0.562. The number of aliphatic hydroxyl groups excluding tert-OH is 1. The summed E-state index contributed by atoms with van der Waals surface area (Å²) in [5.74, 6) is 1.14. The van der Waals surface area contributed by atoms with Crippen LogP contribution in [-0.2, 0) is 21.9 Å². The number of benzene rings is 2. The number of rotatable bonds is 7. The first-order chi connectivity index (χ1) is 19.2. The zero-order chi connectivity index (χ0) is 29.8. The van der Waals surface area contributed by atoms with Gasteiger partial charge in [0.15, 0.2) is 0 Å². The second-order valence-corrected chi connectivity index (χ2v) is 21.4. The van der Waals surface area contributed by atoms with Crippen LogP contribution in [0.15, 0.2) is 53.9 Å². The van der Waals surface area contributed by atoms with Crippen molar-refractivity contribution in [3.05, 3.63) is 65.2 Å². The Morgan fingerprint density at radius 3 is 2.66 bits per heavy atom. The van der Waals surface area contributed by atoms with Crippen LogP contribution in [0.1, 0.15) is 57.6 Å². The summed E-state index contributed by atoms with van der Waals surface area (Å²) in [5, 5.41) is 11.2. The molecule has 1 spiro atoms. The van der Waals surface area contributed by atoms with Crippen molar-refractivity contribution in [1.29, 1.82) is 0 Å². The van der Waals surface area contributed by atoms with E-state index in [1.54, 1.807) is 18.2 Å². The van der Waals surface area contributed by atoms with Crippen LogP contribution in [0.3, 0.4) is 0 Å². The molecule has 1 aliphatic heterocycles. The molecule has 9 heteroatoms. The van der Waals surface area contributed by atoms with E-state index in [0.717, 1.165) is 49.4 Å². The topological polar surface area (TPSA) is 78.9 Å². The molecule has 1 heterocycles. The highest BCUT2D eigenvalue weighted by Gasteiger charge is 2.45. The molecule has 0 amide bonds. The van der Waals surface area contributed by atoms with Crippen LogP contribution in [0.2, 0.25) is 23.2 Å². The number of hydrogen-bond donors (Lipinski definition) is 2. The summed E-state index contributed by atoms with van der Waals surface area (Å²) in [6.07, 6.45) is 6.09. The highest BCUT2D eigenvalue weighted by atomic mass is 35.5. The molecule has 2 aromatic carbocycles. The van der Waals surface area contributed by atoms with Gasteiger partial charge in [-0.3, -0.25) is 0 Å². The molecule has 0 saturated heterocycles. The van der Waals surface area contributed by atoms with Gasteiger partial charge in [0.25, 0.3) is 0 Å². The van der Waals surface area contributed by atoms with Crippen molar-refractivity contribution < 1.29 is 18.3 Å². The molecule has 1 fully saturated rings. The average Bonchev–Trinajstić information content (AvgIpc) is 3.02. The number of nitrogens with zero attached hydrogens (tertiary/aromatic N) is 1. The maximum Gasteiger partial charge on any atom is 0.234 e. The number of aliphatic hydroxyl groups is 1. The number of ether oxygens (including phenoxy) is 1. The first-order valence-electron chi connectivity index (χ1n) is 14.8. The summed E-state index contributed by atoms with van der Waals surface area (Å²) in [4.78, 5) is 2.60. The van der Waals surface area contributed by atoms with Crippen molar-refractivity contribution in [1.82, 2.24) is 4.39 Å². The number of anilines is 1.